The van der Waals surface area contributed by atoms with Gasteiger partial charge < -0.3 is 15.2 Å². The number of anilines is 1. The summed E-state index contributed by atoms with van der Waals surface area (Å²) in [6, 6.07) is 9.48. The molecule has 152 valence electrons. The SMILES string of the molecule is CCc1sc(NC(=O)[C@@H]2CC=CC[C@@H]2C(=O)O)c(C(=O)OC)c1-c1ccccc1. The van der Waals surface area contributed by atoms with Crippen molar-refractivity contribution in [3.05, 3.63) is 52.9 Å². The lowest BCUT2D eigenvalue weighted by atomic mass is 9.82. The number of amides is 1. The molecule has 7 heteroatoms. The standard InChI is InChI=1S/C22H23NO5S/c1-3-16-17(13-9-5-4-6-10-13)18(22(27)28-2)20(29-16)23-19(24)14-11-7-8-12-15(14)21(25)26/h4-10,14-15H,3,11-12H2,1-2H3,(H,23,24)(H,25,26)/t14-,15+/m1/s1. The molecule has 6 nitrogen and oxygen atoms in total. The molecule has 2 atom stereocenters. The number of nitrogens with one attached hydrogen (secondary N) is 1. The third-order valence-electron chi connectivity index (χ3n) is 5.08. The fraction of sp³-hybridized carbons (Fsp3) is 0.318. The van der Waals surface area contributed by atoms with Crippen LogP contribution in [0.4, 0.5) is 5.00 Å². The van der Waals surface area contributed by atoms with Crippen molar-refractivity contribution in [3.8, 4) is 11.1 Å². The first kappa shape index (κ1) is 20.8. The number of aliphatic carboxylic acids is 1. The Morgan fingerprint density at radius 1 is 1.14 bits per heavy atom. The van der Waals surface area contributed by atoms with Gasteiger partial charge in [0.25, 0.3) is 0 Å². The summed E-state index contributed by atoms with van der Waals surface area (Å²) in [5, 5.41) is 12.7. The van der Waals surface area contributed by atoms with Crippen molar-refractivity contribution >= 4 is 34.2 Å². The van der Waals surface area contributed by atoms with Crippen LogP contribution < -0.4 is 5.32 Å². The van der Waals surface area contributed by atoms with Crippen molar-refractivity contribution in [1.29, 1.82) is 0 Å². The van der Waals surface area contributed by atoms with E-state index in [1.54, 1.807) is 6.08 Å². The van der Waals surface area contributed by atoms with E-state index in [0.29, 0.717) is 29.8 Å². The van der Waals surface area contributed by atoms with Gasteiger partial charge in [-0.05, 0) is 24.8 Å². The number of carboxylic acids is 1. The van der Waals surface area contributed by atoms with E-state index < -0.39 is 29.7 Å². The van der Waals surface area contributed by atoms with E-state index in [-0.39, 0.29) is 0 Å². The maximum absolute atomic E-state index is 12.9. The molecule has 0 radical (unpaired) electrons. The van der Waals surface area contributed by atoms with Crippen LogP contribution in [0.1, 0.15) is 35.0 Å². The second-order valence-electron chi connectivity index (χ2n) is 6.80. The van der Waals surface area contributed by atoms with E-state index >= 15 is 0 Å². The van der Waals surface area contributed by atoms with E-state index in [2.05, 4.69) is 5.32 Å². The van der Waals surface area contributed by atoms with Crippen LogP contribution in [0, 0.1) is 11.8 Å². The number of ether oxygens (including phenoxy) is 1. The zero-order valence-corrected chi connectivity index (χ0v) is 17.1. The minimum atomic E-state index is -0.993. The number of carbonyl (C=O) groups is 3. The Morgan fingerprint density at radius 3 is 2.38 bits per heavy atom. The molecule has 0 spiro atoms. The lowest BCUT2D eigenvalue weighted by Gasteiger charge is -2.24. The number of aryl methyl sites for hydroxylation is 1. The van der Waals surface area contributed by atoms with Crippen molar-refractivity contribution in [2.24, 2.45) is 11.8 Å². The number of hydrogen-bond acceptors (Lipinski definition) is 5. The summed E-state index contributed by atoms with van der Waals surface area (Å²) in [5.41, 5.74) is 1.93. The molecule has 3 rings (SSSR count). The molecule has 0 unspecified atom stereocenters. The third kappa shape index (κ3) is 4.24. The van der Waals surface area contributed by atoms with Gasteiger partial charge in [0.15, 0.2) is 0 Å². The molecular weight excluding hydrogens is 390 g/mol. The maximum Gasteiger partial charge on any atom is 0.341 e. The number of benzene rings is 1. The predicted octanol–water partition coefficient (Wildman–Crippen LogP) is 4.37. The molecule has 1 aliphatic rings. The maximum atomic E-state index is 12.9. The number of rotatable bonds is 6. The summed E-state index contributed by atoms with van der Waals surface area (Å²) in [6.07, 6.45) is 4.96. The number of hydrogen-bond donors (Lipinski definition) is 2. The molecule has 1 aliphatic carbocycles. The minimum absolute atomic E-state index is 0.312. The Morgan fingerprint density at radius 2 is 1.79 bits per heavy atom. The number of carbonyl (C=O) groups excluding carboxylic acids is 2. The number of esters is 1. The largest absolute Gasteiger partial charge is 0.481 e. The predicted molar refractivity (Wildman–Crippen MR) is 112 cm³/mol. The molecule has 1 heterocycles. The second kappa shape index (κ2) is 9.05. The van der Waals surface area contributed by atoms with Crippen molar-refractivity contribution in [3.63, 3.8) is 0 Å². The molecular formula is C22H23NO5S. The molecule has 2 aromatic rings. The average molecular weight is 413 g/mol. The highest BCUT2D eigenvalue weighted by atomic mass is 32.1. The number of allylic oxidation sites excluding steroid dienone is 2. The smallest absolute Gasteiger partial charge is 0.341 e. The molecule has 29 heavy (non-hydrogen) atoms. The summed E-state index contributed by atoms with van der Waals surface area (Å²) >= 11 is 1.33. The summed E-state index contributed by atoms with van der Waals surface area (Å²) in [7, 11) is 1.30. The van der Waals surface area contributed by atoms with Gasteiger partial charge in [-0.3, -0.25) is 9.59 Å². The van der Waals surface area contributed by atoms with Crippen LogP contribution in [0.25, 0.3) is 11.1 Å². The zero-order valence-electron chi connectivity index (χ0n) is 16.3. The van der Waals surface area contributed by atoms with Crippen LogP contribution in [0.2, 0.25) is 0 Å². The van der Waals surface area contributed by atoms with Crippen LogP contribution in [-0.2, 0) is 20.7 Å². The Hall–Kier alpha value is -2.93. The second-order valence-corrected chi connectivity index (χ2v) is 7.90. The molecule has 0 saturated heterocycles. The minimum Gasteiger partial charge on any atom is -0.481 e. The molecule has 1 amide bonds. The Bertz CT molecular complexity index is 948. The number of carboxylic acid groups (broad SMARTS) is 1. The van der Waals surface area contributed by atoms with E-state index in [1.807, 2.05) is 43.3 Å². The van der Waals surface area contributed by atoms with Crippen molar-refractivity contribution in [2.45, 2.75) is 26.2 Å². The molecule has 0 aliphatic heterocycles. The quantitative estimate of drug-likeness (QED) is 0.542. The average Bonchev–Trinajstić information content (AvgIpc) is 3.11. The van der Waals surface area contributed by atoms with E-state index in [0.717, 1.165) is 16.0 Å². The fourth-order valence-corrected chi connectivity index (χ4v) is 4.76. The molecule has 0 bridgehead atoms. The van der Waals surface area contributed by atoms with Crippen molar-refractivity contribution < 1.29 is 24.2 Å². The highest BCUT2D eigenvalue weighted by molar-refractivity contribution is 7.17. The molecule has 1 aromatic heterocycles. The highest BCUT2D eigenvalue weighted by Crippen LogP contribution is 2.41. The van der Waals surface area contributed by atoms with Crippen LogP contribution in [0.15, 0.2) is 42.5 Å². The van der Waals surface area contributed by atoms with Gasteiger partial charge in [-0.1, -0.05) is 49.4 Å². The summed E-state index contributed by atoms with van der Waals surface area (Å²) in [5.74, 6) is -3.38. The fourth-order valence-electron chi connectivity index (χ4n) is 3.60. The zero-order chi connectivity index (χ0) is 21.0. The molecule has 1 aromatic carbocycles. The molecule has 0 fully saturated rings. The number of thiophene rings is 1. The van der Waals surface area contributed by atoms with Gasteiger partial charge in [0.2, 0.25) is 5.91 Å². The van der Waals surface area contributed by atoms with E-state index in [9.17, 15) is 19.5 Å². The van der Waals surface area contributed by atoms with Crippen molar-refractivity contribution in [1.82, 2.24) is 0 Å². The van der Waals surface area contributed by atoms with Crippen molar-refractivity contribution in [2.75, 3.05) is 12.4 Å². The van der Waals surface area contributed by atoms with Crippen LogP contribution >= 0.6 is 11.3 Å². The van der Waals surface area contributed by atoms with Crippen LogP contribution in [0.3, 0.4) is 0 Å². The van der Waals surface area contributed by atoms with Crippen LogP contribution in [0.5, 0.6) is 0 Å². The monoisotopic (exact) mass is 413 g/mol. The van der Waals surface area contributed by atoms with Gasteiger partial charge in [-0.2, -0.15) is 0 Å². The third-order valence-corrected chi connectivity index (χ3v) is 6.33. The summed E-state index contributed by atoms with van der Waals surface area (Å²) < 4.78 is 4.99. The van der Waals surface area contributed by atoms with Crippen LogP contribution in [-0.4, -0.2) is 30.1 Å². The first-order valence-corrected chi connectivity index (χ1v) is 10.3. The molecule has 0 saturated carbocycles. The molecule has 2 N–H and O–H groups in total. The lowest BCUT2D eigenvalue weighted by molar-refractivity contribution is -0.146. The normalized spacial score (nSPS) is 18.3. The summed E-state index contributed by atoms with van der Waals surface area (Å²) in [4.78, 5) is 38.0. The van der Waals surface area contributed by atoms with Gasteiger partial charge in [-0.15, -0.1) is 11.3 Å². The Labute approximate surface area is 173 Å². The van der Waals surface area contributed by atoms with E-state index in [1.165, 1.54) is 18.4 Å². The van der Waals surface area contributed by atoms with E-state index in [4.69, 9.17) is 4.74 Å². The lowest BCUT2D eigenvalue weighted by Crippen LogP contribution is -2.34. The Kier molecular flexibility index (Phi) is 6.49. The van der Waals surface area contributed by atoms with Gasteiger partial charge in [0.05, 0.1) is 18.9 Å². The van der Waals surface area contributed by atoms with Gasteiger partial charge >= 0.3 is 11.9 Å². The first-order chi connectivity index (χ1) is 14.0. The van der Waals surface area contributed by atoms with Gasteiger partial charge in [0.1, 0.15) is 10.6 Å². The van der Waals surface area contributed by atoms with Gasteiger partial charge in [-0.25, -0.2) is 4.79 Å². The number of methoxy groups -OCH3 is 1. The Balaban J connectivity index is 2.02. The summed E-state index contributed by atoms with van der Waals surface area (Å²) in [6.45, 7) is 1.98. The van der Waals surface area contributed by atoms with Gasteiger partial charge in [0, 0.05) is 10.4 Å². The highest BCUT2D eigenvalue weighted by Gasteiger charge is 2.35. The first-order valence-electron chi connectivity index (χ1n) is 9.45. The topological polar surface area (TPSA) is 92.7 Å².